The molecule has 0 saturated carbocycles. The van der Waals surface area contributed by atoms with E-state index in [9.17, 15) is 8.42 Å². The molecular formula is C16H21N5O2S. The highest BCUT2D eigenvalue weighted by atomic mass is 32.2. The third-order valence-electron chi connectivity index (χ3n) is 4.09. The summed E-state index contributed by atoms with van der Waals surface area (Å²) in [4.78, 5) is 15.1. The van der Waals surface area contributed by atoms with Crippen LogP contribution in [0.15, 0.2) is 30.5 Å². The van der Waals surface area contributed by atoms with Crippen molar-refractivity contribution in [1.82, 2.24) is 15.0 Å². The molecule has 0 spiro atoms. The summed E-state index contributed by atoms with van der Waals surface area (Å²) in [5.41, 5.74) is 1.75. The largest absolute Gasteiger partial charge is 0.364 e. The summed E-state index contributed by atoms with van der Waals surface area (Å²) < 4.78 is 23.4. The molecule has 1 aliphatic heterocycles. The van der Waals surface area contributed by atoms with E-state index in [-0.39, 0.29) is 17.5 Å². The van der Waals surface area contributed by atoms with Gasteiger partial charge in [-0.3, -0.25) is 4.98 Å². The van der Waals surface area contributed by atoms with Crippen LogP contribution >= 0.6 is 0 Å². The number of hydrogen-bond donors (Lipinski definition) is 1. The van der Waals surface area contributed by atoms with E-state index >= 15 is 0 Å². The van der Waals surface area contributed by atoms with Crippen molar-refractivity contribution in [3.8, 4) is 0 Å². The first-order valence-corrected chi connectivity index (χ1v) is 9.68. The molecule has 1 N–H and O–H groups in total. The number of aromatic nitrogens is 3. The topological polar surface area (TPSA) is 88.1 Å². The van der Waals surface area contributed by atoms with Gasteiger partial charge in [-0.05, 0) is 25.5 Å². The lowest BCUT2D eigenvalue weighted by atomic mass is 10.2. The van der Waals surface area contributed by atoms with Crippen LogP contribution in [0.4, 0.5) is 11.8 Å². The zero-order valence-electron chi connectivity index (χ0n) is 13.8. The van der Waals surface area contributed by atoms with E-state index in [4.69, 9.17) is 0 Å². The van der Waals surface area contributed by atoms with Crippen LogP contribution < -0.4 is 10.2 Å². The van der Waals surface area contributed by atoms with Gasteiger partial charge >= 0.3 is 0 Å². The van der Waals surface area contributed by atoms with Gasteiger partial charge in [0.05, 0.1) is 23.7 Å². The summed E-state index contributed by atoms with van der Waals surface area (Å²) in [6.45, 7) is 2.47. The van der Waals surface area contributed by atoms with Gasteiger partial charge in [0.15, 0.2) is 9.84 Å². The zero-order chi connectivity index (χ0) is 17.2. The van der Waals surface area contributed by atoms with Gasteiger partial charge in [-0.1, -0.05) is 6.07 Å². The van der Waals surface area contributed by atoms with Crippen molar-refractivity contribution in [2.24, 2.45) is 0 Å². The lowest BCUT2D eigenvalue weighted by molar-refractivity contribution is 0.600. The highest BCUT2D eigenvalue weighted by Crippen LogP contribution is 2.21. The Morgan fingerprint density at radius 2 is 2.17 bits per heavy atom. The average Bonchev–Trinajstić information content (AvgIpc) is 2.93. The molecule has 128 valence electrons. The number of pyridine rings is 1. The highest BCUT2D eigenvalue weighted by Gasteiger charge is 2.31. The molecule has 2 aromatic rings. The minimum Gasteiger partial charge on any atom is -0.364 e. The van der Waals surface area contributed by atoms with Gasteiger partial charge in [0.2, 0.25) is 5.95 Å². The van der Waals surface area contributed by atoms with Gasteiger partial charge in [-0.15, -0.1) is 0 Å². The van der Waals surface area contributed by atoms with Crippen LogP contribution in [0, 0.1) is 6.92 Å². The van der Waals surface area contributed by atoms with Crippen molar-refractivity contribution >= 4 is 21.6 Å². The summed E-state index contributed by atoms with van der Waals surface area (Å²) in [5, 5.41) is 3.25. The molecule has 0 aromatic carbocycles. The Labute approximate surface area is 142 Å². The van der Waals surface area contributed by atoms with E-state index in [0.717, 1.165) is 11.4 Å². The van der Waals surface area contributed by atoms with Gasteiger partial charge in [-0.25, -0.2) is 13.4 Å². The number of hydrogen-bond acceptors (Lipinski definition) is 7. The minimum absolute atomic E-state index is 0.0690. The van der Waals surface area contributed by atoms with Crippen LogP contribution in [-0.2, 0) is 16.4 Å². The Hall–Kier alpha value is -2.22. The predicted octanol–water partition coefficient (Wildman–Crippen LogP) is 1.42. The molecule has 1 unspecified atom stereocenters. The first-order valence-electron chi connectivity index (χ1n) is 7.86. The molecule has 2 aromatic heterocycles. The van der Waals surface area contributed by atoms with E-state index in [0.29, 0.717) is 24.7 Å². The molecule has 1 fully saturated rings. The van der Waals surface area contributed by atoms with E-state index in [2.05, 4.69) is 20.3 Å². The standard InChI is InChI=1S/C16H21N5O2S/c1-12-9-15(18-10-13-5-3-4-7-17-13)20-16(19-12)21(2)14-6-8-24(22,23)11-14/h3-5,7,9,14H,6,8,10-11H2,1-2H3,(H,18,19,20). The molecule has 8 heteroatoms. The average molecular weight is 347 g/mol. The molecule has 1 aliphatic rings. The molecule has 0 bridgehead atoms. The highest BCUT2D eigenvalue weighted by molar-refractivity contribution is 7.91. The fraction of sp³-hybridized carbons (Fsp3) is 0.438. The third-order valence-corrected chi connectivity index (χ3v) is 5.84. The molecule has 0 amide bonds. The lowest BCUT2D eigenvalue weighted by Crippen LogP contribution is -2.34. The van der Waals surface area contributed by atoms with Crippen molar-refractivity contribution in [3.63, 3.8) is 0 Å². The minimum atomic E-state index is -2.94. The lowest BCUT2D eigenvalue weighted by Gasteiger charge is -2.24. The molecule has 0 radical (unpaired) electrons. The molecule has 7 nitrogen and oxygen atoms in total. The molecule has 3 heterocycles. The normalized spacial score (nSPS) is 19.2. The monoisotopic (exact) mass is 347 g/mol. The van der Waals surface area contributed by atoms with Crippen LogP contribution in [0.2, 0.25) is 0 Å². The second-order valence-corrected chi connectivity index (χ2v) is 8.27. The Bertz CT molecular complexity index is 810. The fourth-order valence-corrected chi connectivity index (χ4v) is 4.50. The summed E-state index contributed by atoms with van der Waals surface area (Å²) in [5.74, 6) is 1.65. The van der Waals surface area contributed by atoms with E-state index < -0.39 is 9.84 Å². The van der Waals surface area contributed by atoms with Crippen LogP contribution in [0.5, 0.6) is 0 Å². The zero-order valence-corrected chi connectivity index (χ0v) is 14.6. The maximum atomic E-state index is 11.7. The summed E-state index contributed by atoms with van der Waals surface area (Å²) in [6.07, 6.45) is 2.37. The van der Waals surface area contributed by atoms with Crippen molar-refractivity contribution in [3.05, 3.63) is 41.9 Å². The van der Waals surface area contributed by atoms with Gasteiger partial charge in [0.25, 0.3) is 0 Å². The fourth-order valence-electron chi connectivity index (χ4n) is 2.73. The van der Waals surface area contributed by atoms with Crippen LogP contribution in [0.3, 0.4) is 0 Å². The smallest absolute Gasteiger partial charge is 0.227 e. The predicted molar refractivity (Wildman–Crippen MR) is 93.8 cm³/mol. The second-order valence-electron chi connectivity index (χ2n) is 6.04. The van der Waals surface area contributed by atoms with Crippen LogP contribution in [-0.4, -0.2) is 48.0 Å². The first kappa shape index (κ1) is 16.6. The summed E-state index contributed by atoms with van der Waals surface area (Å²) >= 11 is 0. The number of sulfone groups is 1. The van der Waals surface area contributed by atoms with Gasteiger partial charge < -0.3 is 10.2 Å². The molecule has 1 atom stereocenters. The number of rotatable bonds is 5. The third kappa shape index (κ3) is 4.00. The molecular weight excluding hydrogens is 326 g/mol. The Morgan fingerprint density at radius 3 is 2.83 bits per heavy atom. The molecule has 24 heavy (non-hydrogen) atoms. The van der Waals surface area contributed by atoms with E-state index in [1.54, 1.807) is 6.20 Å². The molecule has 0 aliphatic carbocycles. The Morgan fingerprint density at radius 1 is 1.33 bits per heavy atom. The maximum Gasteiger partial charge on any atom is 0.227 e. The second kappa shape index (κ2) is 6.72. The van der Waals surface area contributed by atoms with E-state index in [1.807, 2.05) is 43.1 Å². The summed E-state index contributed by atoms with van der Waals surface area (Å²) in [6, 6.07) is 7.56. The SMILES string of the molecule is Cc1cc(NCc2ccccn2)nc(N(C)C2CCS(=O)(=O)C2)n1. The van der Waals surface area contributed by atoms with Crippen molar-refractivity contribution in [2.45, 2.75) is 25.9 Å². The van der Waals surface area contributed by atoms with Gasteiger partial charge in [-0.2, -0.15) is 4.98 Å². The van der Waals surface area contributed by atoms with Crippen molar-refractivity contribution < 1.29 is 8.42 Å². The quantitative estimate of drug-likeness (QED) is 0.875. The Kier molecular flexibility index (Phi) is 4.66. The van der Waals surface area contributed by atoms with Crippen molar-refractivity contribution in [1.29, 1.82) is 0 Å². The molecule has 3 rings (SSSR count). The number of aryl methyl sites for hydroxylation is 1. The van der Waals surface area contributed by atoms with Crippen molar-refractivity contribution in [2.75, 3.05) is 28.8 Å². The Balaban J connectivity index is 1.74. The van der Waals surface area contributed by atoms with Crippen LogP contribution in [0.1, 0.15) is 17.8 Å². The van der Waals surface area contributed by atoms with E-state index in [1.165, 1.54) is 0 Å². The maximum absolute atomic E-state index is 11.7. The van der Waals surface area contributed by atoms with Crippen LogP contribution in [0.25, 0.3) is 0 Å². The van der Waals surface area contributed by atoms with Gasteiger partial charge in [0, 0.05) is 31.0 Å². The summed E-state index contributed by atoms with van der Waals surface area (Å²) in [7, 11) is -1.09. The number of nitrogens with zero attached hydrogens (tertiary/aromatic N) is 4. The first-order chi connectivity index (χ1) is 11.4. The van der Waals surface area contributed by atoms with Gasteiger partial charge in [0.1, 0.15) is 5.82 Å². The number of anilines is 2. The number of nitrogens with one attached hydrogen (secondary N) is 1. The molecule has 1 saturated heterocycles.